The number of nitrogens with one attached hydrogen (secondary N) is 2. The molecule has 4 rings (SSSR count). The smallest absolute Gasteiger partial charge is 0.335 e. The Hall–Kier alpha value is -4.21. The van der Waals surface area contributed by atoms with E-state index in [-0.39, 0.29) is 30.4 Å². The molecule has 1 heterocycles. The Labute approximate surface area is 276 Å². The third-order valence-corrected chi connectivity index (χ3v) is 8.76. The molecule has 0 saturated heterocycles. The predicted octanol–water partition coefficient (Wildman–Crippen LogP) is 8.34. The second-order valence-corrected chi connectivity index (χ2v) is 12.7. The predicted molar refractivity (Wildman–Crippen MR) is 188 cm³/mol. The zero-order valence-electron chi connectivity index (χ0n) is 27.5. The van der Waals surface area contributed by atoms with Crippen molar-refractivity contribution in [1.82, 2.24) is 10.3 Å². The van der Waals surface area contributed by atoms with E-state index in [0.29, 0.717) is 17.6 Å². The summed E-state index contributed by atoms with van der Waals surface area (Å²) in [6.07, 6.45) is 4.89. The SMILES string of the molecule is CCCC(CCC)c1ccc(N(Cc2ccc(-c3csc(COc4cc(C(=O)O)ccc4NC(=O)CNC)n3)cc2)C(C)C)cc1. The van der Waals surface area contributed by atoms with Crippen molar-refractivity contribution >= 4 is 34.6 Å². The van der Waals surface area contributed by atoms with Gasteiger partial charge in [-0.15, -0.1) is 11.3 Å². The van der Waals surface area contributed by atoms with Crippen LogP contribution in [-0.2, 0) is 17.9 Å². The van der Waals surface area contributed by atoms with Gasteiger partial charge in [0.1, 0.15) is 17.4 Å². The Balaban J connectivity index is 1.42. The van der Waals surface area contributed by atoms with E-state index >= 15 is 0 Å². The monoisotopic (exact) mass is 642 g/mol. The van der Waals surface area contributed by atoms with Crippen LogP contribution in [-0.4, -0.2) is 41.6 Å². The van der Waals surface area contributed by atoms with Crippen molar-refractivity contribution in [3.05, 3.63) is 93.8 Å². The number of rotatable bonds is 17. The third-order valence-electron chi connectivity index (χ3n) is 7.94. The third kappa shape index (κ3) is 9.40. The number of benzene rings is 3. The summed E-state index contributed by atoms with van der Waals surface area (Å²) in [7, 11) is 1.68. The number of likely N-dealkylation sites (N-methyl/N-ethyl adjacent to an activating group) is 1. The number of aromatic nitrogens is 1. The summed E-state index contributed by atoms with van der Waals surface area (Å²) in [5, 5.41) is 17.7. The molecule has 1 aromatic heterocycles. The molecule has 8 nitrogen and oxygen atoms in total. The molecule has 0 bridgehead atoms. The van der Waals surface area contributed by atoms with Gasteiger partial charge in [-0.1, -0.05) is 63.1 Å². The molecular formula is C37H46N4O4S. The molecule has 0 aliphatic heterocycles. The summed E-state index contributed by atoms with van der Waals surface area (Å²) in [5.74, 6) is -0.418. The van der Waals surface area contributed by atoms with Crippen LogP contribution in [0.5, 0.6) is 5.75 Å². The molecule has 9 heteroatoms. The molecule has 0 radical (unpaired) electrons. The Bertz CT molecular complexity index is 1560. The minimum absolute atomic E-state index is 0.0715. The molecule has 0 saturated carbocycles. The number of hydrogen-bond acceptors (Lipinski definition) is 7. The number of carbonyl (C=O) groups excluding carboxylic acids is 1. The first-order valence-corrected chi connectivity index (χ1v) is 16.9. The standard InChI is InChI=1S/C37H46N4O4S/c1-6-8-27(9-7-2)28-14-17-31(18-15-28)41(25(3)4)22-26-10-12-29(13-11-26)33-24-46-36(40-33)23-45-34-20-30(37(43)44)16-19-32(34)39-35(42)21-38-5/h10-20,24-25,27,38H,6-9,21-23H2,1-5H3,(H,39,42)(H,43,44). The first kappa shape index (κ1) is 34.7. The van der Waals surface area contributed by atoms with Crippen molar-refractivity contribution in [1.29, 1.82) is 0 Å². The van der Waals surface area contributed by atoms with Gasteiger partial charge in [0.2, 0.25) is 5.91 Å². The number of aromatic carboxylic acids is 1. The Morgan fingerprint density at radius 1 is 0.978 bits per heavy atom. The Morgan fingerprint density at radius 2 is 1.67 bits per heavy atom. The number of carboxylic acid groups (broad SMARTS) is 1. The van der Waals surface area contributed by atoms with Crippen molar-refractivity contribution in [3.8, 4) is 17.0 Å². The highest BCUT2D eigenvalue weighted by molar-refractivity contribution is 7.09. The first-order chi connectivity index (χ1) is 22.2. The number of carboxylic acids is 1. The normalized spacial score (nSPS) is 11.2. The second-order valence-electron chi connectivity index (χ2n) is 11.8. The molecular weight excluding hydrogens is 596 g/mol. The molecule has 244 valence electrons. The van der Waals surface area contributed by atoms with Crippen molar-refractivity contribution in [3.63, 3.8) is 0 Å². The maximum absolute atomic E-state index is 12.1. The molecule has 3 aromatic carbocycles. The van der Waals surface area contributed by atoms with Crippen molar-refractivity contribution in [2.45, 2.75) is 78.5 Å². The van der Waals surface area contributed by atoms with E-state index < -0.39 is 5.97 Å². The zero-order chi connectivity index (χ0) is 33.1. The van der Waals surface area contributed by atoms with Crippen LogP contribution in [0.2, 0.25) is 0 Å². The summed E-state index contributed by atoms with van der Waals surface area (Å²) in [5.41, 5.74) is 6.24. The lowest BCUT2D eigenvalue weighted by molar-refractivity contribution is -0.115. The highest BCUT2D eigenvalue weighted by atomic mass is 32.1. The van der Waals surface area contributed by atoms with Crippen LogP contribution in [0.4, 0.5) is 11.4 Å². The summed E-state index contributed by atoms with van der Waals surface area (Å²) in [6, 6.07) is 22.4. The fraction of sp³-hybridized carbons (Fsp3) is 0.378. The van der Waals surface area contributed by atoms with Gasteiger partial charge in [0.05, 0.1) is 23.5 Å². The maximum atomic E-state index is 12.1. The fourth-order valence-corrected chi connectivity index (χ4v) is 6.26. The van der Waals surface area contributed by atoms with Gasteiger partial charge in [0, 0.05) is 29.2 Å². The highest BCUT2D eigenvalue weighted by Gasteiger charge is 2.16. The van der Waals surface area contributed by atoms with Crippen LogP contribution in [0.3, 0.4) is 0 Å². The van der Waals surface area contributed by atoms with Crippen LogP contribution in [0.25, 0.3) is 11.3 Å². The summed E-state index contributed by atoms with van der Waals surface area (Å²) in [4.78, 5) is 30.8. The van der Waals surface area contributed by atoms with E-state index in [1.54, 1.807) is 7.05 Å². The van der Waals surface area contributed by atoms with Gasteiger partial charge in [-0.05, 0) is 81.1 Å². The summed E-state index contributed by atoms with van der Waals surface area (Å²) in [6.45, 7) is 10.1. The van der Waals surface area contributed by atoms with Crippen LogP contribution < -0.4 is 20.3 Å². The number of amides is 1. The number of anilines is 2. The molecule has 46 heavy (non-hydrogen) atoms. The number of ether oxygens (including phenoxy) is 1. The zero-order valence-corrected chi connectivity index (χ0v) is 28.3. The highest BCUT2D eigenvalue weighted by Crippen LogP contribution is 2.31. The second kappa shape index (κ2) is 16.9. The van der Waals surface area contributed by atoms with Crippen LogP contribution >= 0.6 is 11.3 Å². The average Bonchev–Trinajstić information content (AvgIpc) is 3.52. The van der Waals surface area contributed by atoms with E-state index in [1.807, 2.05) is 5.38 Å². The molecule has 0 atom stereocenters. The number of hydrogen-bond donors (Lipinski definition) is 3. The first-order valence-electron chi connectivity index (χ1n) is 16.1. The average molecular weight is 643 g/mol. The van der Waals surface area contributed by atoms with Crippen LogP contribution in [0.1, 0.15) is 85.8 Å². The van der Waals surface area contributed by atoms with Gasteiger partial charge in [0.25, 0.3) is 0 Å². The van der Waals surface area contributed by atoms with Gasteiger partial charge in [-0.2, -0.15) is 0 Å². The molecule has 0 unspecified atom stereocenters. The molecule has 1 amide bonds. The maximum Gasteiger partial charge on any atom is 0.335 e. The lowest BCUT2D eigenvalue weighted by Crippen LogP contribution is -2.30. The van der Waals surface area contributed by atoms with Gasteiger partial charge >= 0.3 is 5.97 Å². The molecule has 4 aromatic rings. The minimum Gasteiger partial charge on any atom is -0.484 e. The molecule has 0 aliphatic carbocycles. The largest absolute Gasteiger partial charge is 0.484 e. The fourth-order valence-electron chi connectivity index (χ4n) is 5.54. The quantitative estimate of drug-likeness (QED) is 0.106. The molecule has 0 spiro atoms. The van der Waals surface area contributed by atoms with Gasteiger partial charge in [-0.3, -0.25) is 4.79 Å². The topological polar surface area (TPSA) is 104 Å². The van der Waals surface area contributed by atoms with E-state index in [0.717, 1.165) is 22.8 Å². The Morgan fingerprint density at radius 3 is 2.28 bits per heavy atom. The van der Waals surface area contributed by atoms with Crippen LogP contribution in [0.15, 0.2) is 72.1 Å². The Kier molecular flexibility index (Phi) is 12.7. The molecule has 0 fully saturated rings. The number of thiazole rings is 1. The lowest BCUT2D eigenvalue weighted by atomic mass is 9.90. The van der Waals surface area contributed by atoms with Crippen molar-refractivity contribution in [2.24, 2.45) is 0 Å². The van der Waals surface area contributed by atoms with Crippen LogP contribution in [0, 0.1) is 0 Å². The lowest BCUT2D eigenvalue weighted by Gasteiger charge is -2.30. The molecule has 3 N–H and O–H groups in total. The van der Waals surface area contributed by atoms with Crippen molar-refractivity contribution < 1.29 is 19.4 Å². The van der Waals surface area contributed by atoms with Gasteiger partial charge in [-0.25, -0.2) is 9.78 Å². The van der Waals surface area contributed by atoms with Gasteiger partial charge in [0.15, 0.2) is 0 Å². The number of carbonyl (C=O) groups is 2. The van der Waals surface area contributed by atoms with Gasteiger partial charge < -0.3 is 25.4 Å². The summed E-state index contributed by atoms with van der Waals surface area (Å²) >= 11 is 1.47. The van der Waals surface area contributed by atoms with Crippen molar-refractivity contribution in [2.75, 3.05) is 23.8 Å². The number of nitrogens with zero attached hydrogens (tertiary/aromatic N) is 2. The minimum atomic E-state index is -1.07. The summed E-state index contributed by atoms with van der Waals surface area (Å²) < 4.78 is 5.96. The van der Waals surface area contributed by atoms with E-state index in [1.165, 1.54) is 72.0 Å². The molecule has 0 aliphatic rings. The van der Waals surface area contributed by atoms with E-state index in [4.69, 9.17) is 9.72 Å². The van der Waals surface area contributed by atoms with E-state index in [2.05, 4.69) is 91.8 Å². The van der Waals surface area contributed by atoms with E-state index in [9.17, 15) is 14.7 Å².